The molecule has 0 aliphatic carbocycles. The average molecular weight is 300 g/mol. The number of hydrogen-bond donors (Lipinski definition) is 1. The maximum Gasteiger partial charge on any atom is 0.287 e. The highest BCUT2D eigenvalue weighted by molar-refractivity contribution is 5.99. The molecular weight excluding hydrogens is 280 g/mol. The van der Waals surface area contributed by atoms with Crippen LogP contribution in [0.1, 0.15) is 35.0 Å². The summed E-state index contributed by atoms with van der Waals surface area (Å²) in [5.74, 6) is 0.176. The summed E-state index contributed by atoms with van der Waals surface area (Å²) in [6, 6.07) is 5.76. The Balaban J connectivity index is 1.81. The Labute approximate surface area is 129 Å². The normalized spacial score (nSPS) is 18.2. The number of furan rings is 1. The molecule has 1 aromatic carbocycles. The third-order valence-electron chi connectivity index (χ3n) is 4.23. The van der Waals surface area contributed by atoms with Gasteiger partial charge in [-0.2, -0.15) is 0 Å². The number of rotatable bonds is 3. The molecule has 0 spiro atoms. The molecule has 22 heavy (non-hydrogen) atoms. The molecule has 5 heteroatoms. The zero-order chi connectivity index (χ0) is 15.9. The van der Waals surface area contributed by atoms with E-state index in [-0.39, 0.29) is 17.9 Å². The minimum Gasteiger partial charge on any atom is -0.451 e. The molecule has 1 aliphatic rings. The number of aryl methyl sites for hydroxylation is 2. The van der Waals surface area contributed by atoms with Crippen LogP contribution in [0, 0.1) is 13.8 Å². The fourth-order valence-corrected chi connectivity index (χ4v) is 2.97. The van der Waals surface area contributed by atoms with E-state index in [1.54, 1.807) is 4.90 Å². The summed E-state index contributed by atoms with van der Waals surface area (Å²) in [6.07, 6.45) is 0.359. The van der Waals surface area contributed by atoms with Crippen LogP contribution in [0.5, 0.6) is 0 Å². The standard InChI is InChI=1S/C17H20N2O3/c1-4-19-9-12(8-15(19)20)18-17(21)16-11(3)13-6-5-10(2)7-14(13)22-16/h5-7,12H,4,8-9H2,1-3H3,(H,18,21)/t12-/m0/s1. The zero-order valence-electron chi connectivity index (χ0n) is 13.1. The van der Waals surface area contributed by atoms with Crippen LogP contribution in [-0.2, 0) is 4.79 Å². The first-order chi connectivity index (χ1) is 10.5. The molecule has 5 nitrogen and oxygen atoms in total. The smallest absolute Gasteiger partial charge is 0.287 e. The Kier molecular flexibility index (Phi) is 3.64. The molecule has 116 valence electrons. The number of likely N-dealkylation sites (tertiary alicyclic amines) is 1. The van der Waals surface area contributed by atoms with Crippen molar-refractivity contribution in [3.05, 3.63) is 35.1 Å². The lowest BCUT2D eigenvalue weighted by atomic mass is 10.1. The zero-order valence-corrected chi connectivity index (χ0v) is 13.1. The van der Waals surface area contributed by atoms with Gasteiger partial charge in [-0.3, -0.25) is 9.59 Å². The number of fused-ring (bicyclic) bond motifs is 1. The van der Waals surface area contributed by atoms with Crippen molar-refractivity contribution in [1.29, 1.82) is 0 Å². The number of benzene rings is 1. The van der Waals surface area contributed by atoms with Gasteiger partial charge in [0, 0.05) is 30.5 Å². The van der Waals surface area contributed by atoms with Gasteiger partial charge >= 0.3 is 0 Å². The molecule has 1 aliphatic heterocycles. The predicted octanol–water partition coefficient (Wildman–Crippen LogP) is 2.40. The number of amides is 2. The minimum atomic E-state index is -0.248. The molecule has 2 aromatic rings. The third kappa shape index (κ3) is 2.47. The van der Waals surface area contributed by atoms with E-state index in [9.17, 15) is 9.59 Å². The Bertz CT molecular complexity index is 748. The number of carbonyl (C=O) groups is 2. The van der Waals surface area contributed by atoms with Crippen molar-refractivity contribution >= 4 is 22.8 Å². The van der Waals surface area contributed by atoms with Gasteiger partial charge < -0.3 is 14.6 Å². The highest BCUT2D eigenvalue weighted by atomic mass is 16.3. The number of nitrogens with zero attached hydrogens (tertiary/aromatic N) is 1. The van der Waals surface area contributed by atoms with E-state index in [2.05, 4.69) is 5.32 Å². The predicted molar refractivity (Wildman–Crippen MR) is 83.8 cm³/mol. The number of nitrogens with one attached hydrogen (secondary N) is 1. The van der Waals surface area contributed by atoms with E-state index in [1.165, 1.54) is 0 Å². The van der Waals surface area contributed by atoms with Gasteiger partial charge in [-0.25, -0.2) is 0 Å². The summed E-state index contributed by atoms with van der Waals surface area (Å²) in [5.41, 5.74) is 2.65. The van der Waals surface area contributed by atoms with E-state index in [0.29, 0.717) is 25.3 Å². The molecule has 1 N–H and O–H groups in total. The molecule has 3 rings (SSSR count). The molecule has 1 fully saturated rings. The Morgan fingerprint density at radius 2 is 2.18 bits per heavy atom. The van der Waals surface area contributed by atoms with Crippen molar-refractivity contribution in [2.75, 3.05) is 13.1 Å². The van der Waals surface area contributed by atoms with Crippen LogP contribution < -0.4 is 5.32 Å². The number of hydrogen-bond acceptors (Lipinski definition) is 3. The quantitative estimate of drug-likeness (QED) is 0.946. The largest absolute Gasteiger partial charge is 0.451 e. The van der Waals surface area contributed by atoms with Gasteiger partial charge in [-0.15, -0.1) is 0 Å². The summed E-state index contributed by atoms with van der Waals surface area (Å²) in [5, 5.41) is 3.86. The average Bonchev–Trinajstić information content (AvgIpc) is 2.99. The molecular formula is C17H20N2O3. The first-order valence-electron chi connectivity index (χ1n) is 7.58. The minimum absolute atomic E-state index is 0.0877. The molecule has 2 heterocycles. The lowest BCUT2D eigenvalue weighted by molar-refractivity contribution is -0.127. The fourth-order valence-electron chi connectivity index (χ4n) is 2.97. The summed E-state index contributed by atoms with van der Waals surface area (Å²) < 4.78 is 5.72. The molecule has 0 saturated carbocycles. The van der Waals surface area contributed by atoms with Crippen molar-refractivity contribution in [2.45, 2.75) is 33.2 Å². The maximum absolute atomic E-state index is 12.4. The van der Waals surface area contributed by atoms with Crippen molar-refractivity contribution in [1.82, 2.24) is 10.2 Å². The van der Waals surface area contributed by atoms with E-state index >= 15 is 0 Å². The van der Waals surface area contributed by atoms with Gasteiger partial charge in [0.05, 0.1) is 6.04 Å². The van der Waals surface area contributed by atoms with E-state index in [1.807, 2.05) is 39.0 Å². The van der Waals surface area contributed by atoms with E-state index < -0.39 is 0 Å². The first-order valence-corrected chi connectivity index (χ1v) is 7.58. The Morgan fingerprint density at radius 1 is 1.41 bits per heavy atom. The maximum atomic E-state index is 12.4. The highest BCUT2D eigenvalue weighted by Gasteiger charge is 2.30. The van der Waals surface area contributed by atoms with Crippen LogP contribution >= 0.6 is 0 Å². The van der Waals surface area contributed by atoms with Crippen molar-refractivity contribution < 1.29 is 14.0 Å². The molecule has 0 radical (unpaired) electrons. The molecule has 1 saturated heterocycles. The van der Waals surface area contributed by atoms with Crippen LogP contribution in [0.4, 0.5) is 0 Å². The molecule has 2 amide bonds. The van der Waals surface area contributed by atoms with Crippen LogP contribution in [-0.4, -0.2) is 35.8 Å². The second kappa shape index (κ2) is 5.48. The summed E-state index contributed by atoms with van der Waals surface area (Å²) >= 11 is 0. The second-order valence-electron chi connectivity index (χ2n) is 5.86. The van der Waals surface area contributed by atoms with Gasteiger partial charge in [0.25, 0.3) is 5.91 Å². The van der Waals surface area contributed by atoms with Crippen LogP contribution in [0.15, 0.2) is 22.6 Å². The van der Waals surface area contributed by atoms with Crippen molar-refractivity contribution in [3.63, 3.8) is 0 Å². The topological polar surface area (TPSA) is 62.6 Å². The van der Waals surface area contributed by atoms with Crippen molar-refractivity contribution in [3.8, 4) is 0 Å². The number of likely N-dealkylation sites (N-methyl/N-ethyl adjacent to an activating group) is 1. The lowest BCUT2D eigenvalue weighted by Gasteiger charge is -2.14. The van der Waals surface area contributed by atoms with Crippen molar-refractivity contribution in [2.24, 2.45) is 0 Å². The third-order valence-corrected chi connectivity index (χ3v) is 4.23. The SMILES string of the molecule is CCN1C[C@@H](NC(=O)c2oc3cc(C)ccc3c2C)CC1=O. The summed E-state index contributed by atoms with van der Waals surface area (Å²) in [6.45, 7) is 7.05. The Hall–Kier alpha value is -2.30. The second-order valence-corrected chi connectivity index (χ2v) is 5.86. The summed E-state index contributed by atoms with van der Waals surface area (Å²) in [7, 11) is 0. The first kappa shape index (κ1) is 14.6. The van der Waals surface area contributed by atoms with Crippen LogP contribution in [0.3, 0.4) is 0 Å². The van der Waals surface area contributed by atoms with Crippen LogP contribution in [0.2, 0.25) is 0 Å². The molecule has 1 atom stereocenters. The van der Waals surface area contributed by atoms with Crippen LogP contribution in [0.25, 0.3) is 11.0 Å². The number of carbonyl (C=O) groups excluding carboxylic acids is 2. The Morgan fingerprint density at radius 3 is 2.86 bits per heavy atom. The van der Waals surface area contributed by atoms with E-state index in [0.717, 1.165) is 22.1 Å². The van der Waals surface area contributed by atoms with Gasteiger partial charge in [0.15, 0.2) is 5.76 Å². The summed E-state index contributed by atoms with van der Waals surface area (Å²) in [4.78, 5) is 25.9. The van der Waals surface area contributed by atoms with E-state index in [4.69, 9.17) is 4.42 Å². The van der Waals surface area contributed by atoms with Gasteiger partial charge in [0.2, 0.25) is 5.91 Å². The van der Waals surface area contributed by atoms with Gasteiger partial charge in [-0.05, 0) is 32.4 Å². The lowest BCUT2D eigenvalue weighted by Crippen LogP contribution is -2.37. The fraction of sp³-hybridized carbons (Fsp3) is 0.412. The molecule has 1 aromatic heterocycles. The van der Waals surface area contributed by atoms with Gasteiger partial charge in [-0.1, -0.05) is 12.1 Å². The van der Waals surface area contributed by atoms with Gasteiger partial charge in [0.1, 0.15) is 5.58 Å². The monoisotopic (exact) mass is 300 g/mol. The highest BCUT2D eigenvalue weighted by Crippen LogP contribution is 2.26. The molecule has 0 bridgehead atoms. The molecule has 0 unspecified atom stereocenters.